The quantitative estimate of drug-likeness (QED) is 0.907. The minimum Gasteiger partial charge on any atom is -0.339 e. The van der Waals surface area contributed by atoms with E-state index in [9.17, 15) is 0 Å². The second-order valence-electron chi connectivity index (χ2n) is 5.40. The van der Waals surface area contributed by atoms with Gasteiger partial charge in [-0.15, -0.1) is 11.3 Å². The van der Waals surface area contributed by atoms with Crippen LogP contribution in [-0.4, -0.2) is 23.2 Å². The number of nitrogens with zero attached hydrogens (tertiary/aromatic N) is 2. The van der Waals surface area contributed by atoms with Crippen LogP contribution in [0.25, 0.3) is 10.7 Å². The van der Waals surface area contributed by atoms with Crippen molar-refractivity contribution in [3.8, 4) is 10.7 Å². The van der Waals surface area contributed by atoms with Gasteiger partial charge in [-0.2, -0.15) is 4.98 Å². The molecule has 0 saturated carbocycles. The summed E-state index contributed by atoms with van der Waals surface area (Å²) in [5.41, 5.74) is 0. The van der Waals surface area contributed by atoms with Crippen LogP contribution in [0.1, 0.15) is 25.7 Å². The van der Waals surface area contributed by atoms with E-state index in [1.165, 1.54) is 12.8 Å². The van der Waals surface area contributed by atoms with Crippen molar-refractivity contribution in [3.63, 3.8) is 0 Å². The number of hydrogen-bond donors (Lipinski definition) is 1. The number of piperidine rings is 1. The lowest BCUT2D eigenvalue weighted by Gasteiger charge is -2.27. The first-order chi connectivity index (χ1) is 9.72. The van der Waals surface area contributed by atoms with Crippen molar-refractivity contribution in [2.24, 2.45) is 11.8 Å². The Hall–Kier alpha value is -0.720. The van der Waals surface area contributed by atoms with Crippen LogP contribution < -0.4 is 5.32 Å². The fraction of sp³-hybridized carbons (Fsp3) is 0.571. The molecule has 0 spiro atoms. The summed E-state index contributed by atoms with van der Waals surface area (Å²) >= 11 is 5.08. The van der Waals surface area contributed by atoms with Crippen molar-refractivity contribution in [3.05, 3.63) is 21.8 Å². The Balaban J connectivity index is 1.64. The molecule has 0 bridgehead atoms. The van der Waals surface area contributed by atoms with E-state index in [-0.39, 0.29) is 0 Å². The number of rotatable bonds is 4. The highest BCUT2D eigenvalue weighted by molar-refractivity contribution is 9.11. The molecule has 3 heterocycles. The Kier molecular flexibility index (Phi) is 4.53. The first kappa shape index (κ1) is 14.2. The van der Waals surface area contributed by atoms with Gasteiger partial charge < -0.3 is 9.84 Å². The Labute approximate surface area is 131 Å². The third-order valence-electron chi connectivity index (χ3n) is 3.90. The van der Waals surface area contributed by atoms with E-state index in [0.29, 0.717) is 11.7 Å². The average Bonchev–Trinajstić information content (AvgIpc) is 3.09. The molecule has 20 heavy (non-hydrogen) atoms. The monoisotopic (exact) mass is 355 g/mol. The van der Waals surface area contributed by atoms with Gasteiger partial charge in [-0.3, -0.25) is 0 Å². The number of hydrogen-bond acceptors (Lipinski definition) is 5. The summed E-state index contributed by atoms with van der Waals surface area (Å²) in [6.07, 6.45) is 3.44. The summed E-state index contributed by atoms with van der Waals surface area (Å²) in [6.45, 7) is 4.55. The third kappa shape index (κ3) is 3.30. The van der Waals surface area contributed by atoms with Crippen molar-refractivity contribution < 1.29 is 4.52 Å². The van der Waals surface area contributed by atoms with Crippen molar-refractivity contribution in [1.82, 2.24) is 15.5 Å². The molecule has 1 fully saturated rings. The SMILES string of the molecule is CC(Cc1nc(-c2ccc(Br)s2)no1)C1CCCNC1. The lowest BCUT2D eigenvalue weighted by atomic mass is 9.85. The van der Waals surface area contributed by atoms with E-state index in [1.807, 2.05) is 12.1 Å². The summed E-state index contributed by atoms with van der Waals surface area (Å²) in [5.74, 6) is 2.74. The first-order valence-corrected chi connectivity index (χ1v) is 8.62. The molecule has 6 heteroatoms. The fourth-order valence-electron chi connectivity index (χ4n) is 2.68. The fourth-order valence-corrected chi connectivity index (χ4v) is 3.99. The van der Waals surface area contributed by atoms with Gasteiger partial charge in [-0.05, 0) is 65.8 Å². The summed E-state index contributed by atoms with van der Waals surface area (Å²) in [5, 5.41) is 7.55. The van der Waals surface area contributed by atoms with E-state index in [4.69, 9.17) is 4.52 Å². The van der Waals surface area contributed by atoms with E-state index in [2.05, 4.69) is 38.3 Å². The maximum Gasteiger partial charge on any atom is 0.227 e. The van der Waals surface area contributed by atoms with Gasteiger partial charge in [0.15, 0.2) is 0 Å². The predicted molar refractivity (Wildman–Crippen MR) is 83.8 cm³/mol. The molecule has 0 aliphatic carbocycles. The smallest absolute Gasteiger partial charge is 0.227 e. The first-order valence-electron chi connectivity index (χ1n) is 7.01. The van der Waals surface area contributed by atoms with Gasteiger partial charge in [0.2, 0.25) is 11.7 Å². The zero-order valence-electron chi connectivity index (χ0n) is 11.4. The highest BCUT2D eigenvalue weighted by Crippen LogP contribution is 2.30. The lowest BCUT2D eigenvalue weighted by molar-refractivity contribution is 0.257. The summed E-state index contributed by atoms with van der Waals surface area (Å²) in [6, 6.07) is 4.02. The zero-order chi connectivity index (χ0) is 13.9. The molecule has 0 aromatic carbocycles. The third-order valence-corrected chi connectivity index (χ3v) is 5.52. The standard InChI is InChI=1S/C14H18BrN3OS/c1-9(10-3-2-6-16-8-10)7-13-17-14(18-19-13)11-4-5-12(15)20-11/h4-5,9-10,16H,2-3,6-8H2,1H3. The van der Waals surface area contributed by atoms with Crippen LogP contribution >= 0.6 is 27.3 Å². The second-order valence-corrected chi connectivity index (χ2v) is 7.87. The van der Waals surface area contributed by atoms with Crippen LogP contribution in [0.4, 0.5) is 0 Å². The normalized spacial score (nSPS) is 21.0. The number of halogens is 1. The van der Waals surface area contributed by atoms with Gasteiger partial charge in [0.05, 0.1) is 8.66 Å². The molecule has 2 unspecified atom stereocenters. The molecule has 2 aromatic heterocycles. The number of thiophene rings is 1. The molecule has 4 nitrogen and oxygen atoms in total. The van der Waals surface area contributed by atoms with Gasteiger partial charge >= 0.3 is 0 Å². The Morgan fingerprint density at radius 3 is 3.15 bits per heavy atom. The van der Waals surface area contributed by atoms with Crippen LogP contribution in [0.15, 0.2) is 20.4 Å². The van der Waals surface area contributed by atoms with E-state index in [0.717, 1.165) is 40.0 Å². The highest BCUT2D eigenvalue weighted by Gasteiger charge is 2.22. The van der Waals surface area contributed by atoms with E-state index < -0.39 is 0 Å². The molecule has 1 aliphatic rings. The van der Waals surface area contributed by atoms with Crippen LogP contribution in [0.5, 0.6) is 0 Å². The molecule has 1 saturated heterocycles. The van der Waals surface area contributed by atoms with Crippen LogP contribution in [0.3, 0.4) is 0 Å². The molecule has 1 N–H and O–H groups in total. The molecule has 3 rings (SSSR count). The van der Waals surface area contributed by atoms with Crippen LogP contribution in [0.2, 0.25) is 0 Å². The molecule has 1 aliphatic heterocycles. The minimum atomic E-state index is 0.575. The van der Waals surface area contributed by atoms with Crippen LogP contribution in [-0.2, 0) is 6.42 Å². The number of nitrogens with one attached hydrogen (secondary N) is 1. The molecule has 0 amide bonds. The maximum atomic E-state index is 5.40. The largest absolute Gasteiger partial charge is 0.339 e. The average molecular weight is 356 g/mol. The lowest BCUT2D eigenvalue weighted by Crippen LogP contribution is -2.33. The van der Waals surface area contributed by atoms with Gasteiger partial charge in [0.1, 0.15) is 0 Å². The van der Waals surface area contributed by atoms with Crippen molar-refractivity contribution in [2.75, 3.05) is 13.1 Å². The topological polar surface area (TPSA) is 51.0 Å². The molecular formula is C14H18BrN3OS. The van der Waals surface area contributed by atoms with Gasteiger partial charge in [0, 0.05) is 6.42 Å². The van der Waals surface area contributed by atoms with E-state index >= 15 is 0 Å². The van der Waals surface area contributed by atoms with Gasteiger partial charge in [-0.1, -0.05) is 12.1 Å². The van der Waals surface area contributed by atoms with Crippen molar-refractivity contribution in [2.45, 2.75) is 26.2 Å². The van der Waals surface area contributed by atoms with Crippen LogP contribution in [0, 0.1) is 11.8 Å². The highest BCUT2D eigenvalue weighted by atomic mass is 79.9. The minimum absolute atomic E-state index is 0.575. The van der Waals surface area contributed by atoms with Crippen molar-refractivity contribution >= 4 is 27.3 Å². The Morgan fingerprint density at radius 1 is 1.55 bits per heavy atom. The predicted octanol–water partition coefficient (Wildman–Crippen LogP) is 3.74. The maximum absolute atomic E-state index is 5.40. The Bertz CT molecular complexity index is 562. The number of aromatic nitrogens is 2. The summed E-state index contributed by atoms with van der Waals surface area (Å²) in [7, 11) is 0. The summed E-state index contributed by atoms with van der Waals surface area (Å²) < 4.78 is 6.48. The van der Waals surface area contributed by atoms with Gasteiger partial charge in [0.25, 0.3) is 0 Å². The molecule has 2 atom stereocenters. The van der Waals surface area contributed by atoms with Crippen molar-refractivity contribution in [1.29, 1.82) is 0 Å². The molecular weight excluding hydrogens is 338 g/mol. The van der Waals surface area contributed by atoms with Gasteiger partial charge in [-0.25, -0.2) is 0 Å². The second kappa shape index (κ2) is 6.37. The molecule has 108 valence electrons. The van der Waals surface area contributed by atoms with E-state index in [1.54, 1.807) is 11.3 Å². The zero-order valence-corrected chi connectivity index (χ0v) is 13.8. The molecule has 2 aromatic rings. The summed E-state index contributed by atoms with van der Waals surface area (Å²) in [4.78, 5) is 5.56. The molecule has 0 radical (unpaired) electrons. The Morgan fingerprint density at radius 2 is 2.45 bits per heavy atom.